The van der Waals surface area contributed by atoms with E-state index in [-0.39, 0.29) is 17.7 Å². The monoisotopic (exact) mass is 285 g/mol. The Bertz CT molecular complexity index is 612. The maximum absolute atomic E-state index is 12.8. The molecule has 0 bridgehead atoms. The van der Waals surface area contributed by atoms with Crippen molar-refractivity contribution < 1.29 is 14.7 Å². The molecule has 3 aliphatic rings. The zero-order valence-electron chi connectivity index (χ0n) is 11.9. The van der Waals surface area contributed by atoms with Crippen molar-refractivity contribution in [3.8, 4) is 0 Å². The van der Waals surface area contributed by atoms with Crippen molar-refractivity contribution in [1.82, 2.24) is 4.90 Å². The van der Waals surface area contributed by atoms with Crippen molar-refractivity contribution in [2.45, 2.75) is 37.6 Å². The zero-order chi connectivity index (χ0) is 14.6. The van der Waals surface area contributed by atoms with Crippen molar-refractivity contribution in [2.24, 2.45) is 11.8 Å². The second-order valence-corrected chi connectivity index (χ2v) is 6.58. The van der Waals surface area contributed by atoms with Crippen LogP contribution in [0.25, 0.3) is 0 Å². The van der Waals surface area contributed by atoms with E-state index >= 15 is 0 Å². The lowest BCUT2D eigenvalue weighted by molar-refractivity contribution is -0.150. The molecule has 110 valence electrons. The molecule has 1 aromatic rings. The Morgan fingerprint density at radius 3 is 2.76 bits per heavy atom. The Morgan fingerprint density at radius 1 is 1.19 bits per heavy atom. The van der Waals surface area contributed by atoms with Crippen LogP contribution in [0.3, 0.4) is 0 Å². The number of carboxylic acid groups (broad SMARTS) is 1. The van der Waals surface area contributed by atoms with Crippen LogP contribution >= 0.6 is 0 Å². The van der Waals surface area contributed by atoms with Crippen molar-refractivity contribution in [1.29, 1.82) is 0 Å². The molecule has 1 N–H and O–H groups in total. The average Bonchev–Trinajstić information content (AvgIpc) is 2.99. The van der Waals surface area contributed by atoms with Gasteiger partial charge in [0.25, 0.3) is 0 Å². The van der Waals surface area contributed by atoms with Gasteiger partial charge in [-0.05, 0) is 42.2 Å². The van der Waals surface area contributed by atoms with E-state index in [1.165, 1.54) is 5.56 Å². The van der Waals surface area contributed by atoms with Gasteiger partial charge >= 0.3 is 5.97 Å². The first-order valence-corrected chi connectivity index (χ1v) is 7.78. The third-order valence-electron chi connectivity index (χ3n) is 5.58. The summed E-state index contributed by atoms with van der Waals surface area (Å²) in [6, 6.07) is 7.38. The maximum Gasteiger partial charge on any atom is 0.326 e. The van der Waals surface area contributed by atoms with Gasteiger partial charge in [0.05, 0.1) is 5.92 Å². The lowest BCUT2D eigenvalue weighted by Crippen LogP contribution is -2.47. The molecule has 1 saturated carbocycles. The number of benzene rings is 1. The van der Waals surface area contributed by atoms with E-state index in [0.29, 0.717) is 12.5 Å². The summed E-state index contributed by atoms with van der Waals surface area (Å²) >= 11 is 0. The second kappa shape index (κ2) is 4.58. The predicted molar refractivity (Wildman–Crippen MR) is 76.9 cm³/mol. The molecule has 1 aliphatic heterocycles. The van der Waals surface area contributed by atoms with E-state index in [9.17, 15) is 14.7 Å². The minimum absolute atomic E-state index is 0.0236. The highest BCUT2D eigenvalue weighted by molar-refractivity contribution is 5.91. The molecular formula is C17H19NO3. The van der Waals surface area contributed by atoms with Crippen molar-refractivity contribution in [3.63, 3.8) is 0 Å². The number of fused-ring (bicyclic) bond motifs is 2. The van der Waals surface area contributed by atoms with Gasteiger partial charge < -0.3 is 10.0 Å². The smallest absolute Gasteiger partial charge is 0.326 e. The third-order valence-corrected chi connectivity index (χ3v) is 5.58. The SMILES string of the molecule is O=C(O)C1C2CCCC2CN1C(=O)C1Cc2ccccc21. The number of rotatable bonds is 2. The molecule has 4 unspecified atom stereocenters. The normalized spacial score (nSPS) is 33.2. The fourth-order valence-corrected chi connectivity index (χ4v) is 4.53. The first kappa shape index (κ1) is 12.9. The third kappa shape index (κ3) is 1.81. The number of amides is 1. The minimum Gasteiger partial charge on any atom is -0.480 e. The summed E-state index contributed by atoms with van der Waals surface area (Å²) in [6.45, 7) is 0.638. The van der Waals surface area contributed by atoms with Crippen LogP contribution in [-0.4, -0.2) is 34.5 Å². The zero-order valence-corrected chi connectivity index (χ0v) is 11.9. The van der Waals surface area contributed by atoms with Crippen LogP contribution in [0, 0.1) is 11.8 Å². The topological polar surface area (TPSA) is 57.6 Å². The van der Waals surface area contributed by atoms with Gasteiger partial charge in [0.2, 0.25) is 5.91 Å². The molecule has 1 saturated heterocycles. The highest BCUT2D eigenvalue weighted by Crippen LogP contribution is 2.45. The number of aliphatic carboxylic acids is 1. The summed E-state index contributed by atoms with van der Waals surface area (Å²) in [7, 11) is 0. The first-order chi connectivity index (χ1) is 10.2. The van der Waals surface area contributed by atoms with Gasteiger partial charge in [0.15, 0.2) is 0 Å². The van der Waals surface area contributed by atoms with Crippen molar-refractivity contribution >= 4 is 11.9 Å². The molecule has 1 amide bonds. The largest absolute Gasteiger partial charge is 0.480 e. The Balaban J connectivity index is 1.59. The summed E-state index contributed by atoms with van der Waals surface area (Å²) < 4.78 is 0. The lowest BCUT2D eigenvalue weighted by Gasteiger charge is -2.34. The van der Waals surface area contributed by atoms with Gasteiger partial charge in [0.1, 0.15) is 6.04 Å². The summed E-state index contributed by atoms with van der Waals surface area (Å²) in [5, 5.41) is 9.55. The molecule has 1 heterocycles. The van der Waals surface area contributed by atoms with Gasteiger partial charge in [-0.3, -0.25) is 4.79 Å². The minimum atomic E-state index is -0.828. The second-order valence-electron chi connectivity index (χ2n) is 6.58. The number of nitrogens with zero attached hydrogens (tertiary/aromatic N) is 1. The molecule has 4 atom stereocenters. The number of hydrogen-bond donors (Lipinski definition) is 1. The lowest BCUT2D eigenvalue weighted by atomic mass is 9.76. The molecule has 2 fully saturated rings. The van der Waals surface area contributed by atoms with E-state index in [4.69, 9.17) is 0 Å². The van der Waals surface area contributed by atoms with Gasteiger partial charge in [-0.25, -0.2) is 4.79 Å². The molecule has 0 spiro atoms. The number of hydrogen-bond acceptors (Lipinski definition) is 2. The summed E-state index contributed by atoms with van der Waals surface area (Å²) in [6.07, 6.45) is 3.88. The Hall–Kier alpha value is -1.84. The van der Waals surface area contributed by atoms with Gasteiger partial charge in [-0.1, -0.05) is 30.7 Å². The van der Waals surface area contributed by atoms with Crippen LogP contribution in [0.15, 0.2) is 24.3 Å². The molecule has 4 rings (SSSR count). The molecule has 0 aromatic heterocycles. The van der Waals surface area contributed by atoms with Crippen LogP contribution in [0.5, 0.6) is 0 Å². The van der Waals surface area contributed by atoms with Crippen LogP contribution in [0.2, 0.25) is 0 Å². The average molecular weight is 285 g/mol. The van der Waals surface area contributed by atoms with E-state index < -0.39 is 12.0 Å². The van der Waals surface area contributed by atoms with Crippen LogP contribution < -0.4 is 0 Å². The van der Waals surface area contributed by atoms with Crippen LogP contribution in [0.1, 0.15) is 36.3 Å². The van der Waals surface area contributed by atoms with E-state index in [0.717, 1.165) is 31.2 Å². The number of carboxylic acids is 1. The van der Waals surface area contributed by atoms with Crippen molar-refractivity contribution in [2.75, 3.05) is 6.54 Å². The molecule has 21 heavy (non-hydrogen) atoms. The van der Waals surface area contributed by atoms with Gasteiger partial charge in [0, 0.05) is 6.54 Å². The van der Waals surface area contributed by atoms with Crippen LogP contribution in [-0.2, 0) is 16.0 Å². The first-order valence-electron chi connectivity index (χ1n) is 7.78. The van der Waals surface area contributed by atoms with Crippen molar-refractivity contribution in [3.05, 3.63) is 35.4 Å². The molecule has 0 radical (unpaired) electrons. The molecule has 2 aliphatic carbocycles. The molecule has 4 heteroatoms. The summed E-state index contributed by atoms with van der Waals surface area (Å²) in [5.74, 6) is -0.366. The Labute approximate surface area is 123 Å². The molecular weight excluding hydrogens is 266 g/mol. The van der Waals surface area contributed by atoms with Gasteiger partial charge in [-0.2, -0.15) is 0 Å². The standard InChI is InChI=1S/C17H19NO3/c19-16(14-8-10-4-1-2-6-12(10)14)18-9-11-5-3-7-13(11)15(18)17(20)21/h1-2,4,6,11,13-15H,3,5,7-9H2,(H,20,21). The maximum atomic E-state index is 12.8. The number of likely N-dealkylation sites (tertiary alicyclic amines) is 1. The summed E-state index contributed by atoms with van der Waals surface area (Å²) in [5.41, 5.74) is 2.31. The van der Waals surface area contributed by atoms with Crippen LogP contribution in [0.4, 0.5) is 0 Å². The predicted octanol–water partition coefficient (Wildman–Crippen LogP) is 2.04. The Kier molecular flexibility index (Phi) is 2.81. The van der Waals surface area contributed by atoms with E-state index in [1.807, 2.05) is 24.3 Å². The van der Waals surface area contributed by atoms with E-state index in [1.54, 1.807) is 4.90 Å². The highest BCUT2D eigenvalue weighted by Gasteiger charge is 2.51. The number of carbonyl (C=O) groups excluding carboxylic acids is 1. The Morgan fingerprint density at radius 2 is 2.00 bits per heavy atom. The molecule has 1 aromatic carbocycles. The summed E-state index contributed by atoms with van der Waals surface area (Å²) in [4.78, 5) is 26.1. The number of carbonyl (C=O) groups is 2. The van der Waals surface area contributed by atoms with E-state index in [2.05, 4.69) is 0 Å². The quantitative estimate of drug-likeness (QED) is 0.904. The van der Waals surface area contributed by atoms with Gasteiger partial charge in [-0.15, -0.1) is 0 Å². The fourth-order valence-electron chi connectivity index (χ4n) is 4.53. The highest BCUT2D eigenvalue weighted by atomic mass is 16.4. The fraction of sp³-hybridized carbons (Fsp3) is 0.529. The molecule has 4 nitrogen and oxygen atoms in total.